The average molecular weight is 248 g/mol. The van der Waals surface area contributed by atoms with E-state index in [4.69, 9.17) is 14.2 Å². The summed E-state index contributed by atoms with van der Waals surface area (Å²) in [7, 11) is 2.90. The summed E-state index contributed by atoms with van der Waals surface area (Å²) in [6.07, 6.45) is 3.86. The summed E-state index contributed by atoms with van der Waals surface area (Å²) in [5.41, 5.74) is 0.877. The van der Waals surface area contributed by atoms with Gasteiger partial charge >= 0.3 is 5.97 Å². The Kier molecular flexibility index (Phi) is 3.03. The van der Waals surface area contributed by atoms with Crippen LogP contribution in [0.1, 0.15) is 29.8 Å². The van der Waals surface area contributed by atoms with Gasteiger partial charge in [-0.3, -0.25) is 0 Å². The molecule has 2 rings (SSSR count). The van der Waals surface area contributed by atoms with Crippen molar-refractivity contribution in [3.8, 4) is 11.5 Å². The number of hydrogen-bond acceptors (Lipinski definition) is 4. The Hall–Kier alpha value is -1.97. The number of esters is 1. The molecule has 4 heteroatoms. The Balaban J connectivity index is 2.54. The van der Waals surface area contributed by atoms with Gasteiger partial charge in [-0.15, -0.1) is 0 Å². The number of methoxy groups -OCH3 is 2. The number of benzene rings is 1. The second-order valence-electron chi connectivity index (χ2n) is 4.63. The molecule has 0 amide bonds. The van der Waals surface area contributed by atoms with Gasteiger partial charge in [-0.05, 0) is 32.1 Å². The van der Waals surface area contributed by atoms with E-state index in [1.54, 1.807) is 19.2 Å². The molecule has 1 aliphatic rings. The molecule has 0 aliphatic carbocycles. The van der Waals surface area contributed by atoms with E-state index in [1.165, 1.54) is 7.11 Å². The van der Waals surface area contributed by atoms with E-state index in [2.05, 4.69) is 0 Å². The molecule has 1 aliphatic heterocycles. The Morgan fingerprint density at radius 1 is 1.28 bits per heavy atom. The lowest BCUT2D eigenvalue weighted by molar-refractivity contribution is 0.0600. The van der Waals surface area contributed by atoms with E-state index in [9.17, 15) is 4.79 Å². The number of carbonyl (C=O) groups is 1. The normalized spacial score (nSPS) is 15.6. The highest BCUT2D eigenvalue weighted by atomic mass is 16.5. The predicted molar refractivity (Wildman–Crippen MR) is 68.1 cm³/mol. The van der Waals surface area contributed by atoms with Gasteiger partial charge in [-0.25, -0.2) is 4.79 Å². The lowest BCUT2D eigenvalue weighted by Crippen LogP contribution is -2.28. The maximum absolute atomic E-state index is 11.6. The molecular weight excluding hydrogens is 232 g/mol. The van der Waals surface area contributed by atoms with Crippen LogP contribution >= 0.6 is 0 Å². The predicted octanol–water partition coefficient (Wildman–Crippen LogP) is 2.67. The number of fused-ring (bicyclic) bond motifs is 1. The van der Waals surface area contributed by atoms with Crippen molar-refractivity contribution in [1.82, 2.24) is 0 Å². The smallest absolute Gasteiger partial charge is 0.338 e. The Morgan fingerprint density at radius 2 is 2.00 bits per heavy atom. The Morgan fingerprint density at radius 3 is 2.61 bits per heavy atom. The van der Waals surface area contributed by atoms with Crippen molar-refractivity contribution < 1.29 is 19.0 Å². The van der Waals surface area contributed by atoms with Gasteiger partial charge in [0, 0.05) is 5.56 Å². The van der Waals surface area contributed by atoms with Crippen LogP contribution in [0, 0.1) is 0 Å². The zero-order valence-electron chi connectivity index (χ0n) is 10.9. The molecule has 1 aromatic carbocycles. The highest BCUT2D eigenvalue weighted by molar-refractivity contribution is 5.91. The minimum Gasteiger partial charge on any atom is -0.493 e. The van der Waals surface area contributed by atoms with Crippen LogP contribution in [0.4, 0.5) is 0 Å². The van der Waals surface area contributed by atoms with Gasteiger partial charge in [-0.2, -0.15) is 0 Å². The first-order valence-corrected chi connectivity index (χ1v) is 5.65. The molecule has 0 unspecified atom stereocenters. The Labute approximate surface area is 106 Å². The van der Waals surface area contributed by atoms with Crippen LogP contribution in [0.5, 0.6) is 11.5 Å². The first-order chi connectivity index (χ1) is 8.46. The largest absolute Gasteiger partial charge is 0.493 e. The van der Waals surface area contributed by atoms with Gasteiger partial charge in [0.05, 0.1) is 19.8 Å². The average Bonchev–Trinajstić information content (AvgIpc) is 2.35. The topological polar surface area (TPSA) is 44.8 Å². The minimum atomic E-state index is -0.394. The van der Waals surface area contributed by atoms with Gasteiger partial charge in [0.15, 0.2) is 11.5 Å². The van der Waals surface area contributed by atoms with Crippen LogP contribution < -0.4 is 9.47 Å². The van der Waals surface area contributed by atoms with Crippen molar-refractivity contribution in [3.05, 3.63) is 29.3 Å². The quantitative estimate of drug-likeness (QED) is 0.755. The summed E-state index contributed by atoms with van der Waals surface area (Å²) >= 11 is 0. The van der Waals surface area contributed by atoms with E-state index in [-0.39, 0.29) is 5.60 Å². The van der Waals surface area contributed by atoms with Crippen molar-refractivity contribution in [3.63, 3.8) is 0 Å². The number of carbonyl (C=O) groups excluding carboxylic acids is 1. The molecule has 0 aromatic heterocycles. The van der Waals surface area contributed by atoms with Crippen LogP contribution in [0.2, 0.25) is 0 Å². The number of rotatable bonds is 2. The molecule has 0 spiro atoms. The summed E-state index contributed by atoms with van der Waals surface area (Å²) < 4.78 is 15.8. The third-order valence-electron chi connectivity index (χ3n) is 2.75. The molecule has 0 atom stereocenters. The molecular formula is C14H16O4. The maximum atomic E-state index is 11.6. The van der Waals surface area contributed by atoms with E-state index in [1.807, 2.05) is 26.0 Å². The molecule has 0 N–H and O–H groups in total. The first-order valence-electron chi connectivity index (χ1n) is 5.65. The number of ether oxygens (including phenoxy) is 3. The highest BCUT2D eigenvalue weighted by Crippen LogP contribution is 2.39. The first kappa shape index (κ1) is 12.5. The van der Waals surface area contributed by atoms with E-state index in [0.717, 1.165) is 5.56 Å². The third-order valence-corrected chi connectivity index (χ3v) is 2.75. The Bertz CT molecular complexity index is 515. The summed E-state index contributed by atoms with van der Waals surface area (Å²) in [5, 5.41) is 0. The molecule has 96 valence electrons. The summed E-state index contributed by atoms with van der Waals surface area (Å²) in [6.45, 7) is 3.92. The van der Waals surface area contributed by atoms with Gasteiger partial charge in [0.1, 0.15) is 5.60 Å². The van der Waals surface area contributed by atoms with E-state index in [0.29, 0.717) is 17.1 Å². The fraction of sp³-hybridized carbons (Fsp3) is 0.357. The molecule has 0 fully saturated rings. The fourth-order valence-electron chi connectivity index (χ4n) is 1.83. The highest BCUT2D eigenvalue weighted by Gasteiger charge is 2.26. The van der Waals surface area contributed by atoms with Crippen molar-refractivity contribution in [2.24, 2.45) is 0 Å². The van der Waals surface area contributed by atoms with E-state index < -0.39 is 5.97 Å². The van der Waals surface area contributed by atoms with Crippen molar-refractivity contribution in [2.45, 2.75) is 19.4 Å². The van der Waals surface area contributed by atoms with Crippen molar-refractivity contribution in [2.75, 3.05) is 14.2 Å². The van der Waals surface area contributed by atoms with Gasteiger partial charge in [0.2, 0.25) is 0 Å². The zero-order valence-corrected chi connectivity index (χ0v) is 10.9. The van der Waals surface area contributed by atoms with Crippen molar-refractivity contribution >= 4 is 12.0 Å². The third kappa shape index (κ3) is 2.18. The monoisotopic (exact) mass is 248 g/mol. The zero-order chi connectivity index (χ0) is 13.3. The standard InChI is InChI=1S/C14H16O4/c1-14(2)6-5-9-7-10(13(15)17-4)8-11(16-3)12(9)18-14/h5-8H,1-4H3. The second-order valence-corrected chi connectivity index (χ2v) is 4.63. The SMILES string of the molecule is COC(=O)c1cc2c(c(OC)c1)OC(C)(C)C=C2. The summed E-state index contributed by atoms with van der Waals surface area (Å²) in [4.78, 5) is 11.6. The van der Waals surface area contributed by atoms with Crippen LogP contribution in [0.25, 0.3) is 6.08 Å². The second kappa shape index (κ2) is 4.37. The van der Waals surface area contributed by atoms with Gasteiger partial charge < -0.3 is 14.2 Å². The van der Waals surface area contributed by atoms with Crippen LogP contribution in [-0.2, 0) is 4.74 Å². The molecule has 0 saturated carbocycles. The minimum absolute atomic E-state index is 0.382. The van der Waals surface area contributed by atoms with Gasteiger partial charge in [-0.1, -0.05) is 6.08 Å². The van der Waals surface area contributed by atoms with Crippen molar-refractivity contribution in [1.29, 1.82) is 0 Å². The molecule has 0 bridgehead atoms. The summed E-state index contributed by atoms with van der Waals surface area (Å²) in [5.74, 6) is 0.789. The lowest BCUT2D eigenvalue weighted by atomic mass is 10.00. The molecule has 18 heavy (non-hydrogen) atoms. The molecule has 0 radical (unpaired) electrons. The molecule has 1 heterocycles. The fourth-order valence-corrected chi connectivity index (χ4v) is 1.83. The molecule has 0 saturated heterocycles. The molecule has 4 nitrogen and oxygen atoms in total. The van der Waals surface area contributed by atoms with Crippen LogP contribution in [-0.4, -0.2) is 25.8 Å². The number of hydrogen-bond donors (Lipinski definition) is 0. The summed E-state index contributed by atoms with van der Waals surface area (Å²) in [6, 6.07) is 3.36. The lowest BCUT2D eigenvalue weighted by Gasteiger charge is -2.29. The van der Waals surface area contributed by atoms with Gasteiger partial charge in [0.25, 0.3) is 0 Å². The maximum Gasteiger partial charge on any atom is 0.338 e. The van der Waals surface area contributed by atoms with Crippen LogP contribution in [0.15, 0.2) is 18.2 Å². The van der Waals surface area contributed by atoms with E-state index >= 15 is 0 Å². The van der Waals surface area contributed by atoms with Crippen LogP contribution in [0.3, 0.4) is 0 Å². The molecule has 1 aromatic rings.